The maximum absolute atomic E-state index is 11.3. The van der Waals surface area contributed by atoms with Crippen molar-refractivity contribution >= 4 is 17.7 Å². The lowest BCUT2D eigenvalue weighted by Gasteiger charge is -2.15. The summed E-state index contributed by atoms with van der Waals surface area (Å²) in [5, 5.41) is 6.82. The van der Waals surface area contributed by atoms with E-state index in [0.29, 0.717) is 17.8 Å². The van der Waals surface area contributed by atoms with E-state index in [1.165, 1.54) is 12.2 Å². The van der Waals surface area contributed by atoms with Crippen molar-refractivity contribution in [3.63, 3.8) is 0 Å². The van der Waals surface area contributed by atoms with Crippen molar-refractivity contribution in [2.75, 3.05) is 18.8 Å². The molecule has 0 saturated carbocycles. The lowest BCUT2D eigenvalue weighted by molar-refractivity contribution is -0.120. The fraction of sp³-hybridized carbons (Fsp3) is 0.900. The summed E-state index contributed by atoms with van der Waals surface area (Å²) in [6, 6.07) is 0.521. The lowest BCUT2D eigenvalue weighted by atomic mass is 10.2. The van der Waals surface area contributed by atoms with Crippen molar-refractivity contribution in [2.24, 2.45) is 0 Å². The van der Waals surface area contributed by atoms with Gasteiger partial charge in [0.25, 0.3) is 0 Å². The Morgan fingerprint density at radius 3 is 2.93 bits per heavy atom. The predicted molar refractivity (Wildman–Crippen MR) is 61.6 cm³/mol. The van der Waals surface area contributed by atoms with Gasteiger partial charge in [-0.3, -0.25) is 4.79 Å². The first-order valence-electron chi connectivity index (χ1n) is 5.35. The van der Waals surface area contributed by atoms with Crippen molar-refractivity contribution in [1.82, 2.24) is 10.6 Å². The van der Waals surface area contributed by atoms with Gasteiger partial charge in [0.1, 0.15) is 0 Å². The molecule has 2 atom stereocenters. The van der Waals surface area contributed by atoms with Crippen LogP contribution in [-0.4, -0.2) is 36.0 Å². The van der Waals surface area contributed by atoms with Gasteiger partial charge in [-0.25, -0.2) is 0 Å². The summed E-state index contributed by atoms with van der Waals surface area (Å²) in [6.07, 6.45) is 2.19. The summed E-state index contributed by atoms with van der Waals surface area (Å²) >= 11 is 1.98. The van der Waals surface area contributed by atoms with Gasteiger partial charge in [0.15, 0.2) is 0 Å². The average molecular weight is 216 g/mol. The number of thioether (sulfide) groups is 1. The first-order chi connectivity index (χ1) is 6.74. The quantitative estimate of drug-likeness (QED) is 0.720. The highest BCUT2D eigenvalue weighted by Crippen LogP contribution is 2.25. The van der Waals surface area contributed by atoms with Gasteiger partial charge in [-0.15, -0.1) is 0 Å². The summed E-state index contributed by atoms with van der Waals surface area (Å²) in [7, 11) is 0. The predicted octanol–water partition coefficient (Wildman–Crippen LogP) is 0.996. The van der Waals surface area contributed by atoms with Gasteiger partial charge in [0.05, 0.1) is 6.54 Å². The number of nitrogens with one attached hydrogen (secondary N) is 2. The molecule has 0 bridgehead atoms. The Kier molecular flexibility index (Phi) is 5.33. The van der Waals surface area contributed by atoms with Crippen LogP contribution >= 0.6 is 11.8 Å². The largest absolute Gasteiger partial charge is 0.355 e. The van der Waals surface area contributed by atoms with Gasteiger partial charge in [0, 0.05) is 17.8 Å². The van der Waals surface area contributed by atoms with E-state index in [2.05, 4.69) is 24.5 Å². The fourth-order valence-corrected chi connectivity index (χ4v) is 2.78. The SMILES string of the molecule is CCCNC(=O)CNC1CCSC1C. The van der Waals surface area contributed by atoms with E-state index in [1.54, 1.807) is 0 Å². The molecule has 2 unspecified atom stereocenters. The fourth-order valence-electron chi connectivity index (χ4n) is 1.55. The van der Waals surface area contributed by atoms with E-state index in [4.69, 9.17) is 0 Å². The molecule has 0 aromatic rings. The lowest BCUT2D eigenvalue weighted by Crippen LogP contribution is -2.41. The summed E-state index contributed by atoms with van der Waals surface area (Å²) in [4.78, 5) is 11.3. The Bertz CT molecular complexity index is 187. The molecule has 1 heterocycles. The molecule has 0 aromatic heterocycles. The van der Waals surface area contributed by atoms with Crippen LogP contribution < -0.4 is 10.6 Å². The van der Waals surface area contributed by atoms with Crippen LogP contribution in [-0.2, 0) is 4.79 Å². The molecule has 4 heteroatoms. The third-order valence-electron chi connectivity index (χ3n) is 2.47. The summed E-state index contributed by atoms with van der Waals surface area (Å²) in [5.74, 6) is 1.34. The molecule has 1 saturated heterocycles. The second-order valence-corrected chi connectivity index (χ2v) is 5.19. The number of hydrogen-bond acceptors (Lipinski definition) is 3. The van der Waals surface area contributed by atoms with E-state index in [0.717, 1.165) is 13.0 Å². The molecule has 0 spiro atoms. The molecule has 0 aromatic carbocycles. The highest BCUT2D eigenvalue weighted by Gasteiger charge is 2.23. The van der Waals surface area contributed by atoms with Gasteiger partial charge in [0.2, 0.25) is 5.91 Å². The van der Waals surface area contributed by atoms with Crippen molar-refractivity contribution < 1.29 is 4.79 Å². The molecule has 0 aliphatic carbocycles. The van der Waals surface area contributed by atoms with Crippen LogP contribution in [0.1, 0.15) is 26.7 Å². The van der Waals surface area contributed by atoms with E-state index >= 15 is 0 Å². The van der Waals surface area contributed by atoms with Crippen LogP contribution in [0.2, 0.25) is 0 Å². The maximum Gasteiger partial charge on any atom is 0.233 e. The van der Waals surface area contributed by atoms with Crippen LogP contribution in [0.3, 0.4) is 0 Å². The Morgan fingerprint density at radius 1 is 1.57 bits per heavy atom. The second kappa shape index (κ2) is 6.30. The smallest absolute Gasteiger partial charge is 0.233 e. The van der Waals surface area contributed by atoms with Gasteiger partial charge in [-0.2, -0.15) is 11.8 Å². The van der Waals surface area contributed by atoms with Crippen LogP contribution in [0.5, 0.6) is 0 Å². The number of carbonyl (C=O) groups is 1. The summed E-state index contributed by atoms with van der Waals surface area (Å²) < 4.78 is 0. The minimum absolute atomic E-state index is 0.121. The normalized spacial score (nSPS) is 26.4. The van der Waals surface area contributed by atoms with Crippen LogP contribution in [0, 0.1) is 0 Å². The van der Waals surface area contributed by atoms with Crippen molar-refractivity contribution in [2.45, 2.75) is 38.0 Å². The van der Waals surface area contributed by atoms with Crippen molar-refractivity contribution in [3.05, 3.63) is 0 Å². The summed E-state index contributed by atoms with van der Waals surface area (Å²) in [5.41, 5.74) is 0. The minimum atomic E-state index is 0.121. The summed E-state index contributed by atoms with van der Waals surface area (Å²) in [6.45, 7) is 5.54. The van der Waals surface area contributed by atoms with Crippen LogP contribution in [0.15, 0.2) is 0 Å². The Hall–Kier alpha value is -0.220. The second-order valence-electron chi connectivity index (χ2n) is 3.70. The Balaban J connectivity index is 2.10. The standard InChI is InChI=1S/C10H20N2OS/c1-3-5-11-10(13)7-12-9-4-6-14-8(9)2/h8-9,12H,3-7H2,1-2H3,(H,11,13). The van der Waals surface area contributed by atoms with Gasteiger partial charge in [-0.05, 0) is 18.6 Å². The zero-order valence-corrected chi connectivity index (χ0v) is 9.82. The molecule has 1 rings (SSSR count). The first-order valence-corrected chi connectivity index (χ1v) is 6.40. The maximum atomic E-state index is 11.3. The van der Waals surface area contributed by atoms with Gasteiger partial charge in [-0.1, -0.05) is 13.8 Å². The molecule has 0 radical (unpaired) electrons. The highest BCUT2D eigenvalue weighted by molar-refractivity contribution is 8.00. The molecule has 1 aliphatic heterocycles. The van der Waals surface area contributed by atoms with E-state index in [9.17, 15) is 4.79 Å². The number of rotatable bonds is 5. The van der Waals surface area contributed by atoms with Crippen molar-refractivity contribution in [3.8, 4) is 0 Å². The third kappa shape index (κ3) is 3.88. The number of carbonyl (C=O) groups excluding carboxylic acids is 1. The molecular weight excluding hydrogens is 196 g/mol. The molecular formula is C10H20N2OS. The third-order valence-corrected chi connectivity index (χ3v) is 3.80. The molecule has 82 valence electrons. The Labute approximate surface area is 90.4 Å². The van der Waals surface area contributed by atoms with E-state index in [1.807, 2.05) is 11.8 Å². The molecule has 3 nitrogen and oxygen atoms in total. The molecule has 14 heavy (non-hydrogen) atoms. The molecule has 1 fully saturated rings. The highest BCUT2D eigenvalue weighted by atomic mass is 32.2. The monoisotopic (exact) mass is 216 g/mol. The molecule has 1 amide bonds. The van der Waals surface area contributed by atoms with E-state index < -0.39 is 0 Å². The van der Waals surface area contributed by atoms with E-state index in [-0.39, 0.29) is 5.91 Å². The van der Waals surface area contributed by atoms with Crippen LogP contribution in [0.4, 0.5) is 0 Å². The zero-order chi connectivity index (χ0) is 10.4. The van der Waals surface area contributed by atoms with Crippen LogP contribution in [0.25, 0.3) is 0 Å². The topological polar surface area (TPSA) is 41.1 Å². The number of amides is 1. The molecule has 2 N–H and O–H groups in total. The minimum Gasteiger partial charge on any atom is -0.355 e. The molecule has 1 aliphatic rings. The van der Waals surface area contributed by atoms with Gasteiger partial charge < -0.3 is 10.6 Å². The Morgan fingerprint density at radius 2 is 2.36 bits per heavy atom. The first kappa shape index (κ1) is 11.9. The average Bonchev–Trinajstić information content (AvgIpc) is 2.58. The van der Waals surface area contributed by atoms with Gasteiger partial charge >= 0.3 is 0 Å². The number of hydrogen-bond donors (Lipinski definition) is 2. The van der Waals surface area contributed by atoms with Crippen molar-refractivity contribution in [1.29, 1.82) is 0 Å². The zero-order valence-electron chi connectivity index (χ0n) is 9.01.